The minimum absolute atomic E-state index is 0.559. The van der Waals surface area contributed by atoms with E-state index in [2.05, 4.69) is 24.3 Å². The van der Waals surface area contributed by atoms with Gasteiger partial charge in [0, 0.05) is 11.7 Å². The van der Waals surface area contributed by atoms with Crippen LogP contribution in [0.4, 0.5) is 0 Å². The highest BCUT2D eigenvalue weighted by Crippen LogP contribution is 2.40. The maximum Gasteiger partial charge on any atom is 0.209 e. The lowest BCUT2D eigenvalue weighted by molar-refractivity contribution is 0.414. The zero-order chi connectivity index (χ0) is 16.4. The van der Waals surface area contributed by atoms with Crippen LogP contribution in [-0.4, -0.2) is 21.9 Å². The van der Waals surface area contributed by atoms with Gasteiger partial charge in [0.1, 0.15) is 11.6 Å². The molecule has 4 nitrogen and oxygen atoms in total. The van der Waals surface area contributed by atoms with Crippen molar-refractivity contribution in [2.24, 2.45) is 0 Å². The predicted molar refractivity (Wildman–Crippen MR) is 95.9 cm³/mol. The second-order valence-electron chi connectivity index (χ2n) is 5.91. The highest BCUT2D eigenvalue weighted by atomic mass is 32.2. The summed E-state index contributed by atoms with van der Waals surface area (Å²) in [6, 6.07) is 18.4. The summed E-state index contributed by atoms with van der Waals surface area (Å²) < 4.78 is 7.29. The van der Waals surface area contributed by atoms with Crippen molar-refractivity contribution < 1.29 is 4.74 Å². The topological polar surface area (TPSA) is 39.9 Å². The van der Waals surface area contributed by atoms with E-state index in [1.165, 1.54) is 18.4 Å². The number of para-hydroxylation sites is 1. The van der Waals surface area contributed by atoms with Gasteiger partial charge in [-0.15, -0.1) is 5.10 Å². The molecule has 1 aromatic heterocycles. The number of aromatic nitrogens is 3. The lowest BCUT2D eigenvalue weighted by Crippen LogP contribution is -2.01. The van der Waals surface area contributed by atoms with Crippen molar-refractivity contribution >= 4 is 11.8 Å². The summed E-state index contributed by atoms with van der Waals surface area (Å²) in [4.78, 5) is 4.79. The maximum atomic E-state index is 5.28. The fourth-order valence-corrected chi connectivity index (χ4v) is 3.41. The maximum absolute atomic E-state index is 5.28. The minimum atomic E-state index is 0.559. The quantitative estimate of drug-likeness (QED) is 0.623. The van der Waals surface area contributed by atoms with E-state index in [9.17, 15) is 0 Å². The highest BCUT2D eigenvalue weighted by Gasteiger charge is 2.30. The summed E-state index contributed by atoms with van der Waals surface area (Å²) in [7, 11) is 1.69. The number of thioether (sulfide) groups is 1. The smallest absolute Gasteiger partial charge is 0.209 e. The molecule has 1 aliphatic carbocycles. The molecule has 0 N–H and O–H groups in total. The Hall–Kier alpha value is -2.27. The van der Waals surface area contributed by atoms with Gasteiger partial charge >= 0.3 is 0 Å². The SMILES string of the molecule is COc1cccc(CSc2nc(C3CC3)n(-c3ccccc3)n2)c1. The van der Waals surface area contributed by atoms with E-state index in [4.69, 9.17) is 14.8 Å². The van der Waals surface area contributed by atoms with E-state index in [1.54, 1.807) is 18.9 Å². The lowest BCUT2D eigenvalue weighted by Gasteiger charge is -2.03. The molecule has 0 radical (unpaired) electrons. The molecule has 1 heterocycles. The Morgan fingerprint density at radius 2 is 1.96 bits per heavy atom. The van der Waals surface area contributed by atoms with Gasteiger partial charge in [-0.05, 0) is 42.7 Å². The fraction of sp³-hybridized carbons (Fsp3) is 0.263. The van der Waals surface area contributed by atoms with Crippen LogP contribution in [0.3, 0.4) is 0 Å². The number of rotatable bonds is 6. The number of benzene rings is 2. The number of hydrogen-bond acceptors (Lipinski definition) is 4. The van der Waals surface area contributed by atoms with Crippen molar-refractivity contribution in [3.8, 4) is 11.4 Å². The van der Waals surface area contributed by atoms with Crippen LogP contribution in [0, 0.1) is 0 Å². The van der Waals surface area contributed by atoms with E-state index in [0.29, 0.717) is 5.92 Å². The summed E-state index contributed by atoms with van der Waals surface area (Å²) in [5.41, 5.74) is 2.29. The Bertz CT molecular complexity index is 828. The zero-order valence-corrected chi connectivity index (χ0v) is 14.4. The van der Waals surface area contributed by atoms with Crippen molar-refractivity contribution in [2.75, 3.05) is 7.11 Å². The number of methoxy groups -OCH3 is 1. The highest BCUT2D eigenvalue weighted by molar-refractivity contribution is 7.98. The van der Waals surface area contributed by atoms with E-state index < -0.39 is 0 Å². The monoisotopic (exact) mass is 337 g/mol. The van der Waals surface area contributed by atoms with Crippen LogP contribution >= 0.6 is 11.8 Å². The summed E-state index contributed by atoms with van der Waals surface area (Å²) >= 11 is 1.67. The van der Waals surface area contributed by atoms with Crippen LogP contribution in [-0.2, 0) is 5.75 Å². The summed E-state index contributed by atoms with van der Waals surface area (Å²) in [6.45, 7) is 0. The normalized spacial score (nSPS) is 13.9. The van der Waals surface area contributed by atoms with Gasteiger partial charge in [-0.3, -0.25) is 0 Å². The van der Waals surface area contributed by atoms with Crippen LogP contribution in [0.2, 0.25) is 0 Å². The largest absolute Gasteiger partial charge is 0.497 e. The molecule has 24 heavy (non-hydrogen) atoms. The summed E-state index contributed by atoms with van der Waals surface area (Å²) in [5, 5.41) is 5.57. The van der Waals surface area contributed by atoms with Crippen molar-refractivity contribution in [2.45, 2.75) is 29.7 Å². The molecule has 1 aliphatic rings. The molecule has 1 saturated carbocycles. The van der Waals surface area contributed by atoms with Crippen molar-refractivity contribution in [1.29, 1.82) is 0 Å². The zero-order valence-electron chi connectivity index (χ0n) is 13.6. The van der Waals surface area contributed by atoms with Crippen molar-refractivity contribution in [3.63, 3.8) is 0 Å². The van der Waals surface area contributed by atoms with E-state index in [0.717, 1.165) is 28.2 Å². The molecule has 0 saturated heterocycles. The molecule has 0 spiro atoms. The molecule has 122 valence electrons. The average molecular weight is 337 g/mol. The van der Waals surface area contributed by atoms with Crippen LogP contribution in [0.1, 0.15) is 30.1 Å². The van der Waals surface area contributed by atoms with Crippen molar-refractivity contribution in [1.82, 2.24) is 14.8 Å². The third-order valence-corrected chi connectivity index (χ3v) is 4.97. The Kier molecular flexibility index (Phi) is 4.26. The number of ether oxygens (including phenoxy) is 1. The average Bonchev–Trinajstić information content (AvgIpc) is 3.40. The second-order valence-corrected chi connectivity index (χ2v) is 6.86. The van der Waals surface area contributed by atoms with Gasteiger partial charge in [0.05, 0.1) is 12.8 Å². The van der Waals surface area contributed by atoms with E-state index in [1.807, 2.05) is 35.0 Å². The molecule has 0 unspecified atom stereocenters. The minimum Gasteiger partial charge on any atom is -0.497 e. The van der Waals surface area contributed by atoms with E-state index >= 15 is 0 Å². The first-order chi connectivity index (χ1) is 11.8. The molecule has 4 rings (SSSR count). The Morgan fingerprint density at radius 3 is 2.71 bits per heavy atom. The standard InChI is InChI=1S/C19H19N3OS/c1-23-17-9-5-6-14(12-17)13-24-19-20-18(15-10-11-15)22(21-19)16-7-3-2-4-8-16/h2-9,12,15H,10-11,13H2,1H3. The molecule has 5 heteroatoms. The molecule has 0 aliphatic heterocycles. The lowest BCUT2D eigenvalue weighted by atomic mass is 10.2. The Labute approximate surface area is 145 Å². The van der Waals surface area contributed by atoms with Crippen molar-refractivity contribution in [3.05, 3.63) is 66.0 Å². The van der Waals surface area contributed by atoms with Crippen LogP contribution < -0.4 is 4.74 Å². The molecule has 0 amide bonds. The first-order valence-electron chi connectivity index (χ1n) is 8.11. The fourth-order valence-electron chi connectivity index (χ4n) is 2.64. The van der Waals surface area contributed by atoms with Crippen LogP contribution in [0.5, 0.6) is 5.75 Å². The Balaban J connectivity index is 1.55. The molecule has 0 bridgehead atoms. The van der Waals surface area contributed by atoms with Gasteiger partial charge in [-0.2, -0.15) is 0 Å². The van der Waals surface area contributed by atoms with Gasteiger partial charge in [0.25, 0.3) is 0 Å². The summed E-state index contributed by atoms with van der Waals surface area (Å²) in [5.74, 6) is 3.37. The van der Waals surface area contributed by atoms with Crippen LogP contribution in [0.15, 0.2) is 59.8 Å². The Morgan fingerprint density at radius 1 is 1.12 bits per heavy atom. The molecule has 2 aromatic carbocycles. The first kappa shape index (κ1) is 15.3. The summed E-state index contributed by atoms with van der Waals surface area (Å²) in [6.07, 6.45) is 2.43. The van der Waals surface area contributed by atoms with Gasteiger partial charge in [0.2, 0.25) is 5.16 Å². The number of hydrogen-bond donors (Lipinski definition) is 0. The van der Waals surface area contributed by atoms with Crippen LogP contribution in [0.25, 0.3) is 5.69 Å². The van der Waals surface area contributed by atoms with Gasteiger partial charge in [-0.25, -0.2) is 9.67 Å². The predicted octanol–water partition coefficient (Wildman–Crippen LogP) is 4.45. The van der Waals surface area contributed by atoms with Gasteiger partial charge in [0.15, 0.2) is 0 Å². The molecule has 1 fully saturated rings. The van der Waals surface area contributed by atoms with Gasteiger partial charge in [-0.1, -0.05) is 42.1 Å². The third-order valence-electron chi connectivity index (χ3n) is 4.06. The third kappa shape index (κ3) is 3.31. The first-order valence-corrected chi connectivity index (χ1v) is 9.10. The van der Waals surface area contributed by atoms with E-state index in [-0.39, 0.29) is 0 Å². The van der Waals surface area contributed by atoms with Gasteiger partial charge < -0.3 is 4.74 Å². The number of nitrogens with zero attached hydrogens (tertiary/aromatic N) is 3. The molecular weight excluding hydrogens is 318 g/mol. The molecule has 3 aromatic rings. The second kappa shape index (κ2) is 6.69. The molecular formula is C19H19N3OS. The molecule has 0 atom stereocenters.